The summed E-state index contributed by atoms with van der Waals surface area (Å²) in [5.41, 5.74) is 0. The van der Waals surface area contributed by atoms with Crippen molar-refractivity contribution in [3.05, 3.63) is 0 Å². The lowest BCUT2D eigenvalue weighted by atomic mass is 10.4. The number of hydroxylamine groups is 4. The minimum atomic E-state index is -4.03. The van der Waals surface area contributed by atoms with E-state index in [0.717, 1.165) is 26.2 Å². The summed E-state index contributed by atoms with van der Waals surface area (Å²) >= 11 is 0. The molecule has 0 radical (unpaired) electrons. The smallest absolute Gasteiger partial charge is 0.314 e. The molecule has 2 heterocycles. The Morgan fingerprint density at radius 3 is 1.59 bits per heavy atom. The third kappa shape index (κ3) is 4.61. The van der Waals surface area contributed by atoms with E-state index < -0.39 is 7.82 Å². The van der Waals surface area contributed by atoms with Gasteiger partial charge in [-0.05, 0) is 0 Å². The number of nitrogens with one attached hydrogen (secondary N) is 2. The molecule has 0 amide bonds. The molecule has 0 aromatic carbocycles. The molecule has 0 unspecified atom stereocenters. The molecule has 100 valence electrons. The summed E-state index contributed by atoms with van der Waals surface area (Å²) < 4.78 is 21.7. The average Bonchev–Trinajstić information content (AvgIpc) is 2.30. The largest absolute Gasteiger partial charge is 0.505 e. The molecule has 17 heavy (non-hydrogen) atoms. The molecule has 0 atom stereocenters. The van der Waals surface area contributed by atoms with E-state index in [1.165, 1.54) is 10.1 Å². The maximum atomic E-state index is 11.7. The van der Waals surface area contributed by atoms with Crippen LogP contribution in [0.25, 0.3) is 0 Å². The van der Waals surface area contributed by atoms with Crippen LogP contribution in [-0.4, -0.2) is 67.4 Å². The van der Waals surface area contributed by atoms with Crippen molar-refractivity contribution in [3.63, 3.8) is 0 Å². The van der Waals surface area contributed by atoms with E-state index in [2.05, 4.69) is 10.6 Å². The summed E-state index contributed by atoms with van der Waals surface area (Å²) in [6.45, 7) is 5.29. The van der Waals surface area contributed by atoms with E-state index in [-0.39, 0.29) is 0 Å². The van der Waals surface area contributed by atoms with Crippen LogP contribution in [0.1, 0.15) is 0 Å². The third-order valence-corrected chi connectivity index (χ3v) is 3.46. The number of rotatable bonds is 4. The molecule has 2 saturated heterocycles. The quantitative estimate of drug-likeness (QED) is 0.545. The Hall–Kier alpha value is -0.0500. The Morgan fingerprint density at radius 1 is 0.882 bits per heavy atom. The second-order valence-corrected chi connectivity index (χ2v) is 5.25. The van der Waals surface area contributed by atoms with Crippen molar-refractivity contribution < 1.29 is 18.7 Å². The molecule has 0 bridgehead atoms. The second kappa shape index (κ2) is 6.21. The van der Waals surface area contributed by atoms with Crippen LogP contribution in [0.4, 0.5) is 0 Å². The highest BCUT2D eigenvalue weighted by Crippen LogP contribution is 2.45. The zero-order chi connectivity index (χ0) is 12.1. The van der Waals surface area contributed by atoms with Crippen molar-refractivity contribution in [2.45, 2.75) is 0 Å². The lowest BCUT2D eigenvalue weighted by Crippen LogP contribution is -2.44. The van der Waals surface area contributed by atoms with Crippen molar-refractivity contribution >= 4 is 7.82 Å². The van der Waals surface area contributed by atoms with Gasteiger partial charge in [-0.1, -0.05) is 0 Å². The Morgan fingerprint density at radius 2 is 1.24 bits per heavy atom. The van der Waals surface area contributed by atoms with Gasteiger partial charge in [0.2, 0.25) is 0 Å². The van der Waals surface area contributed by atoms with Gasteiger partial charge in [-0.2, -0.15) is 19.4 Å². The summed E-state index contributed by atoms with van der Waals surface area (Å²) in [4.78, 5) is 9.61. The standard InChI is InChI=1S/C8H19N4O4P/c13-17(14,15-11-5-1-9-2-6-11)16-12-7-3-10-4-8-12/h9-10H,1-8H2,(H,13,14). The predicted octanol–water partition coefficient (Wildman–Crippen LogP) is -1.24. The van der Waals surface area contributed by atoms with Crippen molar-refractivity contribution in [2.24, 2.45) is 0 Å². The minimum Gasteiger partial charge on any atom is -0.314 e. The van der Waals surface area contributed by atoms with Gasteiger partial charge in [0.05, 0.1) is 0 Å². The molecule has 2 rings (SSSR count). The van der Waals surface area contributed by atoms with Crippen molar-refractivity contribution in [1.29, 1.82) is 0 Å². The van der Waals surface area contributed by atoms with Crippen LogP contribution in [0, 0.1) is 0 Å². The molecular formula is C8H19N4O4P. The third-order valence-electron chi connectivity index (χ3n) is 2.59. The molecule has 3 N–H and O–H groups in total. The van der Waals surface area contributed by atoms with Crippen LogP contribution in [0.3, 0.4) is 0 Å². The van der Waals surface area contributed by atoms with Crippen LogP contribution in [0.2, 0.25) is 0 Å². The topological polar surface area (TPSA) is 86.3 Å². The second-order valence-electron chi connectivity index (χ2n) is 3.99. The van der Waals surface area contributed by atoms with Crippen LogP contribution in [0.15, 0.2) is 0 Å². The van der Waals surface area contributed by atoms with Crippen LogP contribution < -0.4 is 10.6 Å². The maximum absolute atomic E-state index is 11.7. The molecular weight excluding hydrogens is 247 g/mol. The fraction of sp³-hybridized carbons (Fsp3) is 1.00. The summed E-state index contributed by atoms with van der Waals surface area (Å²) in [6, 6.07) is 0. The number of hydrogen-bond donors (Lipinski definition) is 3. The Balaban J connectivity index is 1.78. The van der Waals surface area contributed by atoms with Crippen LogP contribution in [0.5, 0.6) is 0 Å². The first-order valence-electron chi connectivity index (χ1n) is 5.79. The minimum absolute atomic E-state index is 0.579. The normalized spacial score (nSPS) is 25.0. The van der Waals surface area contributed by atoms with E-state index in [1.54, 1.807) is 0 Å². The Labute approximate surface area is 100 Å². The van der Waals surface area contributed by atoms with Gasteiger partial charge in [0, 0.05) is 52.4 Å². The first kappa shape index (κ1) is 13.4. The van der Waals surface area contributed by atoms with E-state index in [1.807, 2.05) is 0 Å². The molecule has 0 aliphatic carbocycles. The molecule has 2 fully saturated rings. The molecule has 9 heteroatoms. The highest BCUT2D eigenvalue weighted by Gasteiger charge is 2.30. The van der Waals surface area contributed by atoms with Gasteiger partial charge < -0.3 is 15.5 Å². The molecule has 0 spiro atoms. The number of hydrogen-bond acceptors (Lipinski definition) is 7. The first-order valence-corrected chi connectivity index (χ1v) is 7.29. The summed E-state index contributed by atoms with van der Waals surface area (Å²) in [5.74, 6) is 0. The highest BCUT2D eigenvalue weighted by atomic mass is 31.2. The van der Waals surface area contributed by atoms with Gasteiger partial charge in [0.25, 0.3) is 0 Å². The van der Waals surface area contributed by atoms with E-state index >= 15 is 0 Å². The summed E-state index contributed by atoms with van der Waals surface area (Å²) in [7, 11) is -4.03. The van der Waals surface area contributed by atoms with Crippen LogP contribution in [-0.2, 0) is 13.8 Å². The molecule has 0 saturated carbocycles. The van der Waals surface area contributed by atoms with Gasteiger partial charge >= 0.3 is 7.82 Å². The lowest BCUT2D eigenvalue weighted by Gasteiger charge is -2.31. The van der Waals surface area contributed by atoms with E-state index in [4.69, 9.17) is 9.25 Å². The van der Waals surface area contributed by atoms with E-state index in [0.29, 0.717) is 26.2 Å². The van der Waals surface area contributed by atoms with E-state index in [9.17, 15) is 9.46 Å². The van der Waals surface area contributed by atoms with Gasteiger partial charge in [0.15, 0.2) is 0 Å². The first-order chi connectivity index (χ1) is 8.16. The Bertz CT molecular complexity index is 257. The molecule has 8 nitrogen and oxygen atoms in total. The Kier molecular flexibility index (Phi) is 4.89. The van der Waals surface area contributed by atoms with Gasteiger partial charge in [0.1, 0.15) is 0 Å². The summed E-state index contributed by atoms with van der Waals surface area (Å²) in [5, 5.41) is 9.20. The SMILES string of the molecule is O=P(O)(ON1CCNCC1)ON1CCNCC1. The molecule has 0 aromatic rings. The van der Waals surface area contributed by atoms with Gasteiger partial charge in [-0.25, -0.2) is 4.57 Å². The van der Waals surface area contributed by atoms with Crippen molar-refractivity contribution in [3.8, 4) is 0 Å². The fourth-order valence-electron chi connectivity index (χ4n) is 1.76. The van der Waals surface area contributed by atoms with Crippen LogP contribution >= 0.6 is 7.82 Å². The maximum Gasteiger partial charge on any atom is 0.505 e. The molecule has 2 aliphatic heterocycles. The number of nitrogens with zero attached hydrogens (tertiary/aromatic N) is 2. The van der Waals surface area contributed by atoms with Crippen molar-refractivity contribution in [1.82, 2.24) is 20.8 Å². The average molecular weight is 266 g/mol. The fourth-order valence-corrected chi connectivity index (χ4v) is 2.70. The monoisotopic (exact) mass is 266 g/mol. The number of phosphoric acid groups is 1. The van der Waals surface area contributed by atoms with Crippen molar-refractivity contribution in [2.75, 3.05) is 52.4 Å². The predicted molar refractivity (Wildman–Crippen MR) is 60.9 cm³/mol. The zero-order valence-electron chi connectivity index (χ0n) is 9.67. The molecule has 2 aliphatic rings. The zero-order valence-corrected chi connectivity index (χ0v) is 10.6. The molecule has 0 aromatic heterocycles. The summed E-state index contributed by atoms with van der Waals surface area (Å²) in [6.07, 6.45) is 0. The lowest BCUT2D eigenvalue weighted by molar-refractivity contribution is -0.146. The van der Waals surface area contributed by atoms with Gasteiger partial charge in [-0.15, -0.1) is 0 Å². The van der Waals surface area contributed by atoms with Gasteiger partial charge in [-0.3, -0.25) is 0 Å². The number of piperazine rings is 2. The highest BCUT2D eigenvalue weighted by molar-refractivity contribution is 7.47.